The van der Waals surface area contributed by atoms with Gasteiger partial charge in [-0.15, -0.1) is 0 Å². The highest BCUT2D eigenvalue weighted by molar-refractivity contribution is 5.85. The number of hydrazine groups is 1. The molecule has 0 radical (unpaired) electrons. The number of aryl methyl sites for hydroxylation is 1. The first-order valence-electron chi connectivity index (χ1n) is 7.10. The van der Waals surface area contributed by atoms with Crippen molar-refractivity contribution in [3.63, 3.8) is 0 Å². The SMILES string of the molecule is CC1NNCC1CCCNc1ncnc2c1cnn2C. The van der Waals surface area contributed by atoms with E-state index in [2.05, 4.69) is 38.2 Å². The van der Waals surface area contributed by atoms with E-state index in [0.29, 0.717) is 12.0 Å². The molecule has 3 N–H and O–H groups in total. The van der Waals surface area contributed by atoms with Crippen molar-refractivity contribution < 1.29 is 0 Å². The molecule has 20 heavy (non-hydrogen) atoms. The first kappa shape index (κ1) is 13.3. The van der Waals surface area contributed by atoms with Crippen molar-refractivity contribution in [1.29, 1.82) is 0 Å². The molecule has 3 rings (SSSR count). The molecular formula is C13H21N7. The van der Waals surface area contributed by atoms with Crippen molar-refractivity contribution in [3.8, 4) is 0 Å². The molecule has 0 bridgehead atoms. The number of nitrogens with one attached hydrogen (secondary N) is 3. The first-order chi connectivity index (χ1) is 9.75. The van der Waals surface area contributed by atoms with Gasteiger partial charge in [-0.3, -0.25) is 15.5 Å². The van der Waals surface area contributed by atoms with E-state index in [1.54, 1.807) is 11.0 Å². The normalized spacial score (nSPS) is 22.5. The zero-order valence-corrected chi connectivity index (χ0v) is 11.9. The molecule has 0 aromatic carbocycles. The highest BCUT2D eigenvalue weighted by atomic mass is 15.4. The minimum Gasteiger partial charge on any atom is -0.369 e. The lowest BCUT2D eigenvalue weighted by atomic mass is 9.98. The average Bonchev–Trinajstić information content (AvgIpc) is 3.03. The first-order valence-corrected chi connectivity index (χ1v) is 7.10. The number of anilines is 1. The van der Waals surface area contributed by atoms with E-state index in [1.165, 1.54) is 6.42 Å². The lowest BCUT2D eigenvalue weighted by Gasteiger charge is -2.13. The van der Waals surface area contributed by atoms with E-state index in [0.717, 1.165) is 36.4 Å². The molecule has 7 nitrogen and oxygen atoms in total. The Hall–Kier alpha value is -1.73. The Kier molecular flexibility index (Phi) is 3.79. The smallest absolute Gasteiger partial charge is 0.163 e. The van der Waals surface area contributed by atoms with Crippen molar-refractivity contribution in [2.24, 2.45) is 13.0 Å². The Labute approximate surface area is 118 Å². The van der Waals surface area contributed by atoms with Gasteiger partial charge in [0, 0.05) is 26.2 Å². The molecule has 0 aliphatic carbocycles. The number of nitrogens with zero attached hydrogens (tertiary/aromatic N) is 4. The third-order valence-electron chi connectivity index (χ3n) is 3.97. The Balaban J connectivity index is 1.55. The predicted octanol–water partition coefficient (Wildman–Crippen LogP) is 0.668. The molecular weight excluding hydrogens is 254 g/mol. The minimum absolute atomic E-state index is 0.555. The molecule has 2 aromatic rings. The molecule has 0 saturated carbocycles. The fraction of sp³-hybridized carbons (Fsp3) is 0.615. The summed E-state index contributed by atoms with van der Waals surface area (Å²) in [7, 11) is 1.89. The fourth-order valence-electron chi connectivity index (χ4n) is 2.67. The largest absolute Gasteiger partial charge is 0.369 e. The van der Waals surface area contributed by atoms with Crippen LogP contribution in [0.3, 0.4) is 0 Å². The third kappa shape index (κ3) is 2.59. The molecule has 7 heteroatoms. The second-order valence-corrected chi connectivity index (χ2v) is 5.37. The van der Waals surface area contributed by atoms with Crippen molar-refractivity contribution in [1.82, 2.24) is 30.6 Å². The number of rotatable bonds is 5. The second kappa shape index (κ2) is 5.72. The molecule has 3 heterocycles. The molecule has 1 fully saturated rings. The second-order valence-electron chi connectivity index (χ2n) is 5.37. The van der Waals surface area contributed by atoms with Crippen LogP contribution in [-0.2, 0) is 7.05 Å². The zero-order valence-electron chi connectivity index (χ0n) is 11.9. The van der Waals surface area contributed by atoms with Gasteiger partial charge in [0.2, 0.25) is 0 Å². The summed E-state index contributed by atoms with van der Waals surface area (Å²) in [5, 5.41) is 8.59. The van der Waals surface area contributed by atoms with Gasteiger partial charge in [0.25, 0.3) is 0 Å². The van der Waals surface area contributed by atoms with E-state index in [9.17, 15) is 0 Å². The fourth-order valence-corrected chi connectivity index (χ4v) is 2.67. The summed E-state index contributed by atoms with van der Waals surface area (Å²) in [6.45, 7) is 4.20. The van der Waals surface area contributed by atoms with Crippen LogP contribution in [0.5, 0.6) is 0 Å². The molecule has 2 atom stereocenters. The Morgan fingerprint density at radius 3 is 3.15 bits per heavy atom. The van der Waals surface area contributed by atoms with E-state index in [4.69, 9.17) is 0 Å². The molecule has 1 saturated heterocycles. The Bertz CT molecular complexity index is 579. The summed E-state index contributed by atoms with van der Waals surface area (Å²) in [5.74, 6) is 1.58. The highest BCUT2D eigenvalue weighted by Crippen LogP contribution is 2.18. The van der Waals surface area contributed by atoms with Gasteiger partial charge in [0.05, 0.1) is 11.6 Å². The van der Waals surface area contributed by atoms with E-state index < -0.39 is 0 Å². The molecule has 1 aliphatic heterocycles. The summed E-state index contributed by atoms with van der Waals surface area (Å²) in [6.07, 6.45) is 5.73. The molecule has 2 aromatic heterocycles. The van der Waals surface area contributed by atoms with Crippen molar-refractivity contribution >= 4 is 16.9 Å². The third-order valence-corrected chi connectivity index (χ3v) is 3.97. The van der Waals surface area contributed by atoms with E-state index in [1.807, 2.05) is 13.2 Å². The van der Waals surface area contributed by atoms with E-state index in [-0.39, 0.29) is 0 Å². The van der Waals surface area contributed by atoms with Crippen molar-refractivity contribution in [2.45, 2.75) is 25.8 Å². The maximum Gasteiger partial charge on any atom is 0.163 e. The summed E-state index contributed by atoms with van der Waals surface area (Å²) in [5.41, 5.74) is 7.32. The molecule has 2 unspecified atom stereocenters. The molecule has 0 spiro atoms. The van der Waals surface area contributed by atoms with Crippen LogP contribution in [0, 0.1) is 5.92 Å². The van der Waals surface area contributed by atoms with Gasteiger partial charge >= 0.3 is 0 Å². The van der Waals surface area contributed by atoms with Gasteiger partial charge in [-0.25, -0.2) is 9.97 Å². The Morgan fingerprint density at radius 2 is 2.35 bits per heavy atom. The van der Waals surface area contributed by atoms with Crippen molar-refractivity contribution in [3.05, 3.63) is 12.5 Å². The average molecular weight is 275 g/mol. The number of fused-ring (bicyclic) bond motifs is 1. The number of hydrogen-bond acceptors (Lipinski definition) is 6. The lowest BCUT2D eigenvalue weighted by molar-refractivity contribution is 0.452. The minimum atomic E-state index is 0.555. The highest BCUT2D eigenvalue weighted by Gasteiger charge is 2.21. The van der Waals surface area contributed by atoms with Crippen LogP contribution in [-0.4, -0.2) is 38.9 Å². The molecule has 1 aliphatic rings. The number of aromatic nitrogens is 4. The van der Waals surface area contributed by atoms with Crippen LogP contribution in [0.25, 0.3) is 11.0 Å². The summed E-state index contributed by atoms with van der Waals surface area (Å²) in [4.78, 5) is 8.54. The monoisotopic (exact) mass is 275 g/mol. The predicted molar refractivity (Wildman–Crippen MR) is 78.1 cm³/mol. The summed E-state index contributed by atoms with van der Waals surface area (Å²) in [6, 6.07) is 0.555. The molecule has 108 valence electrons. The van der Waals surface area contributed by atoms with Gasteiger partial charge in [-0.1, -0.05) is 0 Å². The van der Waals surface area contributed by atoms with Crippen LogP contribution >= 0.6 is 0 Å². The maximum absolute atomic E-state index is 4.30. The lowest BCUT2D eigenvalue weighted by Crippen LogP contribution is -2.28. The summed E-state index contributed by atoms with van der Waals surface area (Å²) >= 11 is 0. The quantitative estimate of drug-likeness (QED) is 0.696. The topological polar surface area (TPSA) is 79.7 Å². The maximum atomic E-state index is 4.30. The van der Waals surface area contributed by atoms with Gasteiger partial charge in [0.15, 0.2) is 5.65 Å². The standard InChI is InChI=1S/C13H21N7/c1-9-10(6-17-19-9)4-3-5-14-12-11-7-18-20(2)13(11)16-8-15-12/h7-10,17,19H,3-6H2,1-2H3,(H,14,15,16). The van der Waals surface area contributed by atoms with Crippen LogP contribution in [0.15, 0.2) is 12.5 Å². The summed E-state index contributed by atoms with van der Waals surface area (Å²) < 4.78 is 1.76. The number of hydrogen-bond donors (Lipinski definition) is 3. The van der Waals surface area contributed by atoms with Crippen LogP contribution in [0.1, 0.15) is 19.8 Å². The van der Waals surface area contributed by atoms with Gasteiger partial charge < -0.3 is 5.32 Å². The Morgan fingerprint density at radius 1 is 1.45 bits per heavy atom. The van der Waals surface area contributed by atoms with Gasteiger partial charge in [-0.05, 0) is 25.7 Å². The van der Waals surface area contributed by atoms with Gasteiger partial charge in [-0.2, -0.15) is 5.10 Å². The van der Waals surface area contributed by atoms with Crippen LogP contribution < -0.4 is 16.2 Å². The zero-order chi connectivity index (χ0) is 13.9. The van der Waals surface area contributed by atoms with Gasteiger partial charge in [0.1, 0.15) is 12.1 Å². The molecule has 0 amide bonds. The van der Waals surface area contributed by atoms with Crippen LogP contribution in [0.2, 0.25) is 0 Å². The van der Waals surface area contributed by atoms with E-state index >= 15 is 0 Å². The van der Waals surface area contributed by atoms with Crippen molar-refractivity contribution in [2.75, 3.05) is 18.4 Å². The van der Waals surface area contributed by atoms with Crippen LogP contribution in [0.4, 0.5) is 5.82 Å².